The summed E-state index contributed by atoms with van der Waals surface area (Å²) in [5.41, 5.74) is 13.0. The van der Waals surface area contributed by atoms with E-state index in [2.05, 4.69) is 140 Å². The first-order chi connectivity index (χ1) is 18.6. The quantitative estimate of drug-likeness (QED) is 0.251. The largest absolute Gasteiger partial charge is 0.354 e. The molecule has 0 aliphatic heterocycles. The fourth-order valence-electron chi connectivity index (χ4n) is 6.76. The Morgan fingerprint density at radius 2 is 1.13 bits per heavy atom. The van der Waals surface area contributed by atoms with Crippen molar-refractivity contribution in [3.8, 4) is 33.4 Å². The molecule has 1 heterocycles. The topological polar surface area (TPSA) is 15.8 Å². The molecule has 1 aliphatic rings. The van der Waals surface area contributed by atoms with E-state index in [1.165, 1.54) is 77.1 Å². The van der Waals surface area contributed by atoms with Crippen molar-refractivity contribution in [1.82, 2.24) is 4.98 Å². The zero-order chi connectivity index (χ0) is 25.4. The Morgan fingerprint density at radius 3 is 2.00 bits per heavy atom. The highest BCUT2D eigenvalue weighted by molar-refractivity contribution is 6.22. The van der Waals surface area contributed by atoms with Crippen LogP contribution in [0.4, 0.5) is 0 Å². The molecule has 0 saturated heterocycles. The van der Waals surface area contributed by atoms with Crippen molar-refractivity contribution in [2.45, 2.75) is 19.3 Å². The van der Waals surface area contributed by atoms with E-state index in [9.17, 15) is 0 Å². The Balaban J connectivity index is 1.28. The molecule has 6 aromatic carbocycles. The van der Waals surface area contributed by atoms with Gasteiger partial charge in [0.25, 0.3) is 0 Å². The average molecular weight is 486 g/mol. The Kier molecular flexibility index (Phi) is 4.35. The molecule has 1 N–H and O–H groups in total. The molecule has 38 heavy (non-hydrogen) atoms. The molecule has 0 bridgehead atoms. The van der Waals surface area contributed by atoms with Crippen LogP contribution in [0.1, 0.15) is 25.0 Å². The van der Waals surface area contributed by atoms with E-state index < -0.39 is 0 Å². The monoisotopic (exact) mass is 485 g/mol. The first-order valence-corrected chi connectivity index (χ1v) is 13.4. The van der Waals surface area contributed by atoms with Crippen LogP contribution in [0.5, 0.6) is 0 Å². The molecule has 0 spiro atoms. The number of hydrogen-bond donors (Lipinski definition) is 1. The van der Waals surface area contributed by atoms with Crippen LogP contribution in [-0.4, -0.2) is 4.98 Å². The van der Waals surface area contributed by atoms with Gasteiger partial charge < -0.3 is 4.98 Å². The molecule has 0 atom stereocenters. The standard InChI is InChI=1S/C37H27N/c1-37(2)31-15-6-5-11-29(31)34-26(12-8-16-32(34)37)24-17-19-25(20-18-24)28-13-7-14-30-35-27-10-4-3-9-23(27)21-22-33(35)38-36(28)30/h3-22,38H,1-2H3. The number of aromatic nitrogens is 1. The minimum atomic E-state index is 0.0112. The summed E-state index contributed by atoms with van der Waals surface area (Å²) < 4.78 is 0. The van der Waals surface area contributed by atoms with Gasteiger partial charge in [0.1, 0.15) is 0 Å². The maximum Gasteiger partial charge on any atom is 0.0544 e. The van der Waals surface area contributed by atoms with Crippen LogP contribution < -0.4 is 0 Å². The number of para-hydroxylation sites is 1. The molecule has 0 amide bonds. The van der Waals surface area contributed by atoms with Crippen LogP contribution in [-0.2, 0) is 5.41 Å². The normalized spacial score (nSPS) is 13.7. The highest BCUT2D eigenvalue weighted by Gasteiger charge is 2.36. The summed E-state index contributed by atoms with van der Waals surface area (Å²) in [6, 6.07) is 44.5. The van der Waals surface area contributed by atoms with E-state index in [0.29, 0.717) is 0 Å². The Labute approximate surface area is 222 Å². The minimum Gasteiger partial charge on any atom is -0.354 e. The van der Waals surface area contributed by atoms with Gasteiger partial charge in [0.05, 0.1) is 5.52 Å². The highest BCUT2D eigenvalue weighted by Crippen LogP contribution is 2.52. The average Bonchev–Trinajstić information content (AvgIpc) is 3.46. The number of nitrogens with one attached hydrogen (secondary N) is 1. The van der Waals surface area contributed by atoms with Crippen LogP contribution >= 0.6 is 0 Å². The highest BCUT2D eigenvalue weighted by atomic mass is 14.7. The molecule has 0 radical (unpaired) electrons. The first-order valence-electron chi connectivity index (χ1n) is 13.4. The summed E-state index contributed by atoms with van der Waals surface area (Å²) >= 11 is 0. The number of rotatable bonds is 2. The Morgan fingerprint density at radius 1 is 0.500 bits per heavy atom. The Bertz CT molecular complexity index is 2040. The molecular weight excluding hydrogens is 458 g/mol. The smallest absolute Gasteiger partial charge is 0.0544 e. The van der Waals surface area contributed by atoms with Crippen molar-refractivity contribution < 1.29 is 0 Å². The lowest BCUT2D eigenvalue weighted by atomic mass is 9.82. The van der Waals surface area contributed by atoms with Gasteiger partial charge in [-0.2, -0.15) is 0 Å². The molecule has 0 saturated carbocycles. The number of aromatic amines is 1. The van der Waals surface area contributed by atoms with Crippen LogP contribution in [0.15, 0.2) is 121 Å². The predicted molar refractivity (Wildman–Crippen MR) is 162 cm³/mol. The van der Waals surface area contributed by atoms with Gasteiger partial charge >= 0.3 is 0 Å². The van der Waals surface area contributed by atoms with Gasteiger partial charge in [0, 0.05) is 27.3 Å². The molecule has 8 rings (SSSR count). The fourth-order valence-corrected chi connectivity index (χ4v) is 6.76. The summed E-state index contributed by atoms with van der Waals surface area (Å²) in [6.07, 6.45) is 0. The second-order valence-corrected chi connectivity index (χ2v) is 11.0. The fraction of sp³-hybridized carbons (Fsp3) is 0.0811. The third kappa shape index (κ3) is 2.87. The Hall–Kier alpha value is -4.62. The third-order valence-electron chi connectivity index (χ3n) is 8.64. The van der Waals surface area contributed by atoms with E-state index >= 15 is 0 Å². The van der Waals surface area contributed by atoms with Crippen molar-refractivity contribution in [1.29, 1.82) is 0 Å². The second-order valence-electron chi connectivity index (χ2n) is 11.0. The molecule has 0 fully saturated rings. The molecule has 1 aliphatic carbocycles. The minimum absolute atomic E-state index is 0.0112. The third-order valence-corrected chi connectivity index (χ3v) is 8.64. The van der Waals surface area contributed by atoms with Crippen molar-refractivity contribution in [2.75, 3.05) is 0 Å². The van der Waals surface area contributed by atoms with Crippen molar-refractivity contribution >= 4 is 32.6 Å². The van der Waals surface area contributed by atoms with Gasteiger partial charge in [-0.3, -0.25) is 0 Å². The molecule has 1 aromatic heterocycles. The molecular formula is C37H27N. The summed E-state index contributed by atoms with van der Waals surface area (Å²) in [7, 11) is 0. The van der Waals surface area contributed by atoms with Gasteiger partial charge in [-0.05, 0) is 55.8 Å². The zero-order valence-corrected chi connectivity index (χ0v) is 21.5. The molecule has 1 heteroatoms. The van der Waals surface area contributed by atoms with Gasteiger partial charge in [-0.25, -0.2) is 0 Å². The van der Waals surface area contributed by atoms with Crippen molar-refractivity contribution in [2.24, 2.45) is 0 Å². The van der Waals surface area contributed by atoms with Crippen molar-refractivity contribution in [3.63, 3.8) is 0 Å². The number of H-pyrrole nitrogens is 1. The van der Waals surface area contributed by atoms with E-state index in [1.54, 1.807) is 0 Å². The van der Waals surface area contributed by atoms with E-state index in [4.69, 9.17) is 0 Å². The lowest BCUT2D eigenvalue weighted by Crippen LogP contribution is -2.14. The van der Waals surface area contributed by atoms with E-state index in [1.807, 2.05) is 0 Å². The summed E-state index contributed by atoms with van der Waals surface area (Å²) in [6.45, 7) is 4.68. The lowest BCUT2D eigenvalue weighted by molar-refractivity contribution is 0.660. The maximum absolute atomic E-state index is 3.74. The predicted octanol–water partition coefficient (Wildman–Crippen LogP) is 10.1. The summed E-state index contributed by atoms with van der Waals surface area (Å²) in [5, 5.41) is 5.15. The van der Waals surface area contributed by atoms with E-state index in [0.717, 1.165) is 0 Å². The SMILES string of the molecule is CC1(C)c2ccccc2-c2c(-c3ccc(-c4cccc5c4[nH]c4ccc6ccccc6c45)cc3)cccc21. The molecule has 180 valence electrons. The number of benzene rings is 6. The molecule has 0 unspecified atom stereocenters. The van der Waals surface area contributed by atoms with Gasteiger partial charge in [-0.1, -0.05) is 129 Å². The second kappa shape index (κ2) is 7.69. The maximum atomic E-state index is 3.74. The summed E-state index contributed by atoms with van der Waals surface area (Å²) in [5.74, 6) is 0. The summed E-state index contributed by atoms with van der Waals surface area (Å²) in [4.78, 5) is 3.74. The van der Waals surface area contributed by atoms with Crippen LogP contribution in [0.2, 0.25) is 0 Å². The van der Waals surface area contributed by atoms with Crippen molar-refractivity contribution in [3.05, 3.63) is 132 Å². The number of hydrogen-bond acceptors (Lipinski definition) is 0. The number of fused-ring (bicyclic) bond motifs is 8. The van der Waals surface area contributed by atoms with Crippen LogP contribution in [0, 0.1) is 0 Å². The lowest BCUT2D eigenvalue weighted by Gasteiger charge is -2.21. The van der Waals surface area contributed by atoms with E-state index in [-0.39, 0.29) is 5.41 Å². The molecule has 1 nitrogen and oxygen atoms in total. The first kappa shape index (κ1) is 21.5. The van der Waals surface area contributed by atoms with Gasteiger partial charge in [-0.15, -0.1) is 0 Å². The van der Waals surface area contributed by atoms with Gasteiger partial charge in [0.15, 0.2) is 0 Å². The molecule has 7 aromatic rings. The van der Waals surface area contributed by atoms with Crippen LogP contribution in [0.3, 0.4) is 0 Å². The van der Waals surface area contributed by atoms with Crippen LogP contribution in [0.25, 0.3) is 66.0 Å². The van der Waals surface area contributed by atoms with Gasteiger partial charge in [0.2, 0.25) is 0 Å². The zero-order valence-electron chi connectivity index (χ0n) is 21.5.